The topological polar surface area (TPSA) is 52.3 Å². The standard InChI is InChI=1S/C19H13F10NO2/c20-16(17(21,22)23,18(24,25)26)12-6-4-10(5-7-12)8-14(15(30)31)11-2-1-3-13(9-11)32-19(27,28)29/h1-7,9,14H,8H2,(H2,30,31). The molecule has 0 fully saturated rings. The van der Waals surface area contributed by atoms with E-state index < -0.39 is 53.9 Å². The average Bonchev–Trinajstić information content (AvgIpc) is 2.62. The van der Waals surface area contributed by atoms with E-state index in [-0.39, 0.29) is 23.3 Å². The van der Waals surface area contributed by atoms with E-state index in [9.17, 15) is 48.7 Å². The minimum Gasteiger partial charge on any atom is -0.406 e. The van der Waals surface area contributed by atoms with Crippen LogP contribution in [0.25, 0.3) is 0 Å². The van der Waals surface area contributed by atoms with Crippen LogP contribution in [-0.2, 0) is 16.9 Å². The quantitative estimate of drug-likeness (QED) is 0.544. The Morgan fingerprint density at radius 1 is 0.844 bits per heavy atom. The summed E-state index contributed by atoms with van der Waals surface area (Å²) in [6.07, 6.45) is -18.0. The maximum absolute atomic E-state index is 14.1. The second kappa shape index (κ2) is 8.51. The fourth-order valence-corrected chi connectivity index (χ4v) is 2.91. The van der Waals surface area contributed by atoms with Crippen LogP contribution in [0.2, 0.25) is 0 Å². The largest absolute Gasteiger partial charge is 0.573 e. The van der Waals surface area contributed by atoms with Crippen LogP contribution in [0.4, 0.5) is 43.9 Å². The van der Waals surface area contributed by atoms with Gasteiger partial charge in [-0.1, -0.05) is 36.4 Å². The lowest BCUT2D eigenvalue weighted by Gasteiger charge is -2.30. The predicted octanol–water partition coefficient (Wildman–Crippen LogP) is 5.69. The highest BCUT2D eigenvalue weighted by Crippen LogP contribution is 2.53. The zero-order valence-electron chi connectivity index (χ0n) is 15.6. The molecule has 1 amide bonds. The van der Waals surface area contributed by atoms with Crippen molar-refractivity contribution in [2.75, 3.05) is 0 Å². The number of amides is 1. The van der Waals surface area contributed by atoms with Crippen molar-refractivity contribution in [3.8, 4) is 5.75 Å². The minimum atomic E-state index is -6.29. The van der Waals surface area contributed by atoms with Crippen LogP contribution in [-0.4, -0.2) is 24.6 Å². The molecule has 13 heteroatoms. The molecule has 32 heavy (non-hydrogen) atoms. The number of halogens is 10. The lowest BCUT2D eigenvalue weighted by atomic mass is 9.89. The van der Waals surface area contributed by atoms with Crippen LogP contribution in [0.15, 0.2) is 48.5 Å². The first kappa shape index (κ1) is 25.3. The van der Waals surface area contributed by atoms with Crippen LogP contribution >= 0.6 is 0 Å². The molecule has 0 bridgehead atoms. The molecule has 2 rings (SSSR count). The summed E-state index contributed by atoms with van der Waals surface area (Å²) >= 11 is 0. The van der Waals surface area contributed by atoms with Gasteiger partial charge in [0, 0.05) is 5.56 Å². The number of hydrogen-bond donors (Lipinski definition) is 1. The van der Waals surface area contributed by atoms with E-state index >= 15 is 0 Å². The Kier molecular flexibility index (Phi) is 6.72. The number of alkyl halides is 10. The summed E-state index contributed by atoms with van der Waals surface area (Å²) in [6.45, 7) is 0. The molecule has 0 saturated carbocycles. The van der Waals surface area contributed by atoms with Crippen molar-refractivity contribution in [1.82, 2.24) is 0 Å². The molecule has 0 heterocycles. The maximum Gasteiger partial charge on any atom is 0.573 e. The number of primary amides is 1. The number of hydrogen-bond acceptors (Lipinski definition) is 2. The summed E-state index contributed by atoms with van der Waals surface area (Å²) in [6, 6.07) is 6.14. The molecule has 2 aromatic rings. The summed E-state index contributed by atoms with van der Waals surface area (Å²) in [5.74, 6) is -3.02. The van der Waals surface area contributed by atoms with Gasteiger partial charge in [-0.3, -0.25) is 4.79 Å². The number of nitrogens with two attached hydrogens (primary N) is 1. The highest BCUT2D eigenvalue weighted by atomic mass is 19.4. The maximum atomic E-state index is 14.1. The van der Waals surface area contributed by atoms with Gasteiger partial charge in [-0.15, -0.1) is 13.2 Å². The lowest BCUT2D eigenvalue weighted by molar-refractivity contribution is -0.348. The molecule has 176 valence electrons. The minimum absolute atomic E-state index is 0.0219. The predicted molar refractivity (Wildman–Crippen MR) is 90.1 cm³/mol. The number of carbonyl (C=O) groups is 1. The first-order chi connectivity index (χ1) is 14.5. The molecule has 0 spiro atoms. The summed E-state index contributed by atoms with van der Waals surface area (Å²) in [5.41, 5.74) is -2.17. The van der Waals surface area contributed by atoms with Gasteiger partial charge < -0.3 is 10.5 Å². The number of benzene rings is 2. The molecule has 2 N–H and O–H groups in total. The van der Waals surface area contributed by atoms with E-state index in [1.165, 1.54) is 6.07 Å². The van der Waals surface area contributed by atoms with E-state index in [1.54, 1.807) is 0 Å². The van der Waals surface area contributed by atoms with E-state index in [0.29, 0.717) is 0 Å². The van der Waals surface area contributed by atoms with Crippen LogP contribution in [0.5, 0.6) is 5.75 Å². The lowest BCUT2D eigenvalue weighted by Crippen LogP contribution is -2.50. The monoisotopic (exact) mass is 477 g/mol. The molecule has 0 aliphatic rings. The number of rotatable bonds is 6. The van der Waals surface area contributed by atoms with Gasteiger partial charge in [0.1, 0.15) is 5.75 Å². The third kappa shape index (κ3) is 5.43. The van der Waals surface area contributed by atoms with Crippen molar-refractivity contribution in [2.45, 2.75) is 36.7 Å². The van der Waals surface area contributed by atoms with Gasteiger partial charge in [-0.2, -0.15) is 26.3 Å². The zero-order valence-corrected chi connectivity index (χ0v) is 15.6. The van der Waals surface area contributed by atoms with E-state index in [0.717, 1.165) is 30.3 Å². The molecule has 3 nitrogen and oxygen atoms in total. The van der Waals surface area contributed by atoms with Gasteiger partial charge in [-0.05, 0) is 29.7 Å². The first-order valence-corrected chi connectivity index (χ1v) is 8.52. The second-order valence-electron chi connectivity index (χ2n) is 6.63. The third-order valence-electron chi connectivity index (χ3n) is 4.41. The van der Waals surface area contributed by atoms with Gasteiger partial charge in [-0.25, -0.2) is 4.39 Å². The van der Waals surface area contributed by atoms with Crippen molar-refractivity contribution < 1.29 is 53.4 Å². The van der Waals surface area contributed by atoms with Crippen LogP contribution in [0.1, 0.15) is 22.6 Å². The highest BCUT2D eigenvalue weighted by Gasteiger charge is 2.73. The molecule has 2 aromatic carbocycles. The number of carbonyl (C=O) groups excluding carboxylic acids is 1. The molecule has 0 aromatic heterocycles. The Morgan fingerprint density at radius 3 is 1.81 bits per heavy atom. The fraction of sp³-hybridized carbons (Fsp3) is 0.316. The number of ether oxygens (including phenoxy) is 1. The Balaban J connectivity index is 2.35. The SMILES string of the molecule is NC(=O)C(Cc1ccc(C(F)(C(F)(F)F)C(F)(F)F)cc1)c1cccc(OC(F)(F)F)c1. The fourth-order valence-electron chi connectivity index (χ4n) is 2.91. The summed E-state index contributed by atoms with van der Waals surface area (Å²) in [4.78, 5) is 11.8. The summed E-state index contributed by atoms with van der Waals surface area (Å²) < 4.78 is 132. The summed E-state index contributed by atoms with van der Waals surface area (Å²) in [5, 5.41) is 0. The molecule has 1 unspecified atom stereocenters. The average molecular weight is 477 g/mol. The molecule has 0 radical (unpaired) electrons. The van der Waals surface area contributed by atoms with Crippen LogP contribution in [0.3, 0.4) is 0 Å². The zero-order chi connectivity index (χ0) is 24.5. The molecule has 0 aliphatic carbocycles. The Bertz CT molecular complexity index is 934. The second-order valence-corrected chi connectivity index (χ2v) is 6.63. The summed E-state index contributed by atoms with van der Waals surface area (Å²) in [7, 11) is 0. The van der Waals surface area contributed by atoms with E-state index in [2.05, 4.69) is 4.74 Å². The molecule has 1 atom stereocenters. The highest BCUT2D eigenvalue weighted by molar-refractivity contribution is 5.82. The molecular weight excluding hydrogens is 464 g/mol. The van der Waals surface area contributed by atoms with E-state index in [4.69, 9.17) is 5.73 Å². The van der Waals surface area contributed by atoms with Crippen molar-refractivity contribution in [3.05, 3.63) is 65.2 Å². The molecular formula is C19H13F10NO2. The smallest absolute Gasteiger partial charge is 0.406 e. The van der Waals surface area contributed by atoms with Gasteiger partial charge in [0.25, 0.3) is 0 Å². The van der Waals surface area contributed by atoms with Crippen molar-refractivity contribution in [1.29, 1.82) is 0 Å². The van der Waals surface area contributed by atoms with Gasteiger partial charge in [0.15, 0.2) is 0 Å². The Morgan fingerprint density at radius 2 is 1.38 bits per heavy atom. The van der Waals surface area contributed by atoms with Crippen molar-refractivity contribution in [2.24, 2.45) is 5.73 Å². The van der Waals surface area contributed by atoms with E-state index in [1.807, 2.05) is 0 Å². The van der Waals surface area contributed by atoms with Crippen molar-refractivity contribution >= 4 is 5.91 Å². The van der Waals surface area contributed by atoms with Gasteiger partial charge >= 0.3 is 24.4 Å². The molecule has 0 saturated heterocycles. The van der Waals surface area contributed by atoms with Crippen molar-refractivity contribution in [3.63, 3.8) is 0 Å². The van der Waals surface area contributed by atoms with Gasteiger partial charge in [0.05, 0.1) is 5.92 Å². The third-order valence-corrected chi connectivity index (χ3v) is 4.41. The normalized spacial score (nSPS) is 14.2. The van der Waals surface area contributed by atoms with Gasteiger partial charge in [0.2, 0.25) is 5.91 Å². The van der Waals surface area contributed by atoms with Crippen LogP contribution in [0, 0.1) is 0 Å². The Labute approximate surface area is 173 Å². The Hall–Kier alpha value is -2.99. The molecule has 0 aliphatic heterocycles. The first-order valence-electron chi connectivity index (χ1n) is 8.52. The van der Waals surface area contributed by atoms with Crippen LogP contribution < -0.4 is 10.5 Å².